The Morgan fingerprint density at radius 2 is 1.81 bits per heavy atom. The Hall–Kier alpha value is -3.13. The molecular formula is C19H18N4O3S. The van der Waals surface area contributed by atoms with E-state index in [-0.39, 0.29) is 17.4 Å². The Labute approximate surface area is 160 Å². The van der Waals surface area contributed by atoms with Crippen LogP contribution in [0.1, 0.15) is 17.3 Å². The molecule has 0 fully saturated rings. The molecule has 0 saturated heterocycles. The van der Waals surface area contributed by atoms with Crippen LogP contribution in [0.3, 0.4) is 0 Å². The third kappa shape index (κ3) is 4.73. The molecule has 1 aromatic heterocycles. The second-order valence-electron chi connectivity index (χ2n) is 5.65. The monoisotopic (exact) mass is 382 g/mol. The Balaban J connectivity index is 1.60. The van der Waals surface area contributed by atoms with Crippen molar-refractivity contribution in [2.24, 2.45) is 0 Å². The Morgan fingerprint density at radius 3 is 2.44 bits per heavy atom. The average molecular weight is 382 g/mol. The van der Waals surface area contributed by atoms with Crippen LogP contribution in [0.25, 0.3) is 5.69 Å². The van der Waals surface area contributed by atoms with Gasteiger partial charge in [0.25, 0.3) is 0 Å². The number of carbonyl (C=O) groups excluding carboxylic acids is 2. The lowest BCUT2D eigenvalue weighted by molar-refractivity contribution is -0.113. The number of carbonyl (C=O) groups is 2. The fourth-order valence-electron chi connectivity index (χ4n) is 2.36. The maximum absolute atomic E-state index is 12.2. The number of nitrogens with one attached hydrogen (secondary N) is 1. The lowest BCUT2D eigenvalue weighted by atomic mass is 10.1. The molecule has 8 heteroatoms. The molecule has 138 valence electrons. The van der Waals surface area contributed by atoms with Gasteiger partial charge in [-0.1, -0.05) is 11.8 Å². The van der Waals surface area contributed by atoms with Gasteiger partial charge in [0.05, 0.1) is 12.9 Å². The molecule has 0 atom stereocenters. The highest BCUT2D eigenvalue weighted by Crippen LogP contribution is 2.21. The molecule has 0 aliphatic rings. The number of Topliss-reactive ketones (excluding diaryl/α,β-unsaturated/α-hetero) is 1. The van der Waals surface area contributed by atoms with Crippen LogP contribution in [-0.2, 0) is 4.79 Å². The first-order chi connectivity index (χ1) is 13.1. The van der Waals surface area contributed by atoms with Crippen molar-refractivity contribution in [3.63, 3.8) is 0 Å². The third-order valence-corrected chi connectivity index (χ3v) is 4.72. The molecule has 0 aliphatic carbocycles. The van der Waals surface area contributed by atoms with Gasteiger partial charge in [0.1, 0.15) is 12.1 Å². The summed E-state index contributed by atoms with van der Waals surface area (Å²) < 4.78 is 6.96. The molecule has 0 bridgehead atoms. The van der Waals surface area contributed by atoms with E-state index in [1.54, 1.807) is 42.3 Å². The third-order valence-electron chi connectivity index (χ3n) is 3.77. The predicted molar refractivity (Wildman–Crippen MR) is 104 cm³/mol. The zero-order chi connectivity index (χ0) is 19.2. The van der Waals surface area contributed by atoms with Gasteiger partial charge in [-0.2, -0.15) is 0 Å². The SMILES string of the molecule is COc1ccc(-n2cnnc2SCC(=O)Nc2ccc(C(C)=O)cc2)cc1. The highest BCUT2D eigenvalue weighted by molar-refractivity contribution is 7.99. The topological polar surface area (TPSA) is 86.1 Å². The molecule has 0 unspecified atom stereocenters. The summed E-state index contributed by atoms with van der Waals surface area (Å²) in [5, 5.41) is 11.4. The Bertz CT molecular complexity index is 936. The molecule has 27 heavy (non-hydrogen) atoms. The summed E-state index contributed by atoms with van der Waals surface area (Å²) in [5.74, 6) is 0.765. The zero-order valence-electron chi connectivity index (χ0n) is 14.9. The quantitative estimate of drug-likeness (QED) is 0.499. The van der Waals surface area contributed by atoms with E-state index >= 15 is 0 Å². The van der Waals surface area contributed by atoms with Crippen LogP contribution in [0.5, 0.6) is 5.75 Å². The van der Waals surface area contributed by atoms with Crippen LogP contribution >= 0.6 is 11.8 Å². The fraction of sp³-hybridized carbons (Fsp3) is 0.158. The van der Waals surface area contributed by atoms with Crippen molar-refractivity contribution in [2.75, 3.05) is 18.2 Å². The first-order valence-electron chi connectivity index (χ1n) is 8.15. The van der Waals surface area contributed by atoms with Gasteiger partial charge in [-0.25, -0.2) is 0 Å². The second kappa shape index (κ2) is 8.50. The summed E-state index contributed by atoms with van der Waals surface area (Å²) in [6, 6.07) is 14.3. The Morgan fingerprint density at radius 1 is 1.11 bits per heavy atom. The molecule has 0 radical (unpaired) electrons. The molecule has 1 heterocycles. The van der Waals surface area contributed by atoms with E-state index in [2.05, 4.69) is 15.5 Å². The van der Waals surface area contributed by atoms with Crippen LogP contribution < -0.4 is 10.1 Å². The minimum absolute atomic E-state index is 0.0127. The number of thioether (sulfide) groups is 1. The molecule has 2 aromatic carbocycles. The van der Waals surface area contributed by atoms with Crippen molar-refractivity contribution in [1.29, 1.82) is 0 Å². The van der Waals surface area contributed by atoms with Gasteiger partial charge in [0.15, 0.2) is 10.9 Å². The second-order valence-corrected chi connectivity index (χ2v) is 6.59. The summed E-state index contributed by atoms with van der Waals surface area (Å²) in [4.78, 5) is 23.5. The van der Waals surface area contributed by atoms with Crippen LogP contribution in [0, 0.1) is 0 Å². The molecule has 0 spiro atoms. The van der Waals surface area contributed by atoms with Crippen LogP contribution in [-0.4, -0.2) is 39.3 Å². The lowest BCUT2D eigenvalue weighted by Gasteiger charge is -2.08. The van der Waals surface area contributed by atoms with E-state index in [4.69, 9.17) is 4.74 Å². The number of hydrogen-bond acceptors (Lipinski definition) is 6. The number of amides is 1. The molecule has 1 N–H and O–H groups in total. The van der Waals surface area contributed by atoms with Crippen LogP contribution in [0.15, 0.2) is 60.0 Å². The van der Waals surface area contributed by atoms with Gasteiger partial charge in [-0.05, 0) is 55.5 Å². The zero-order valence-corrected chi connectivity index (χ0v) is 15.7. The van der Waals surface area contributed by atoms with Gasteiger partial charge >= 0.3 is 0 Å². The van der Waals surface area contributed by atoms with Crippen molar-refractivity contribution in [2.45, 2.75) is 12.1 Å². The maximum atomic E-state index is 12.2. The van der Waals surface area contributed by atoms with E-state index in [9.17, 15) is 9.59 Å². The average Bonchev–Trinajstić information content (AvgIpc) is 3.15. The molecule has 0 saturated carbocycles. The van der Waals surface area contributed by atoms with E-state index in [1.807, 2.05) is 24.3 Å². The fourth-order valence-corrected chi connectivity index (χ4v) is 3.09. The molecule has 1 amide bonds. The summed E-state index contributed by atoms with van der Waals surface area (Å²) in [6.45, 7) is 1.50. The highest BCUT2D eigenvalue weighted by Gasteiger charge is 2.11. The Kier molecular flexibility index (Phi) is 5.87. The van der Waals surface area contributed by atoms with Gasteiger partial charge in [-0.3, -0.25) is 14.2 Å². The number of aromatic nitrogens is 3. The van der Waals surface area contributed by atoms with Crippen molar-refractivity contribution < 1.29 is 14.3 Å². The van der Waals surface area contributed by atoms with E-state index < -0.39 is 0 Å². The smallest absolute Gasteiger partial charge is 0.234 e. The van der Waals surface area contributed by atoms with Crippen molar-refractivity contribution in [3.8, 4) is 11.4 Å². The molecular weight excluding hydrogens is 364 g/mol. The largest absolute Gasteiger partial charge is 0.497 e. The molecule has 3 rings (SSSR count). The van der Waals surface area contributed by atoms with Crippen molar-refractivity contribution in [1.82, 2.24) is 14.8 Å². The summed E-state index contributed by atoms with van der Waals surface area (Å²) in [7, 11) is 1.61. The number of methoxy groups -OCH3 is 1. The minimum atomic E-state index is -0.167. The maximum Gasteiger partial charge on any atom is 0.234 e. The number of hydrogen-bond donors (Lipinski definition) is 1. The standard InChI is InChI=1S/C19H18N4O3S/c1-13(24)14-3-5-15(6-4-14)21-18(25)11-27-19-22-20-12-23(19)16-7-9-17(26-2)10-8-16/h3-10,12H,11H2,1-2H3,(H,21,25). The van der Waals surface area contributed by atoms with Gasteiger partial charge in [0.2, 0.25) is 5.91 Å². The normalized spacial score (nSPS) is 10.4. The predicted octanol–water partition coefficient (Wildman–Crippen LogP) is 3.21. The first-order valence-corrected chi connectivity index (χ1v) is 9.13. The number of anilines is 1. The summed E-state index contributed by atoms with van der Waals surface area (Å²) in [5.41, 5.74) is 2.13. The van der Waals surface area contributed by atoms with Crippen molar-refractivity contribution >= 4 is 29.1 Å². The lowest BCUT2D eigenvalue weighted by Crippen LogP contribution is -2.14. The number of ether oxygens (including phenoxy) is 1. The number of ketones is 1. The minimum Gasteiger partial charge on any atom is -0.497 e. The number of nitrogens with zero attached hydrogens (tertiary/aromatic N) is 3. The summed E-state index contributed by atoms with van der Waals surface area (Å²) >= 11 is 1.29. The molecule has 0 aliphatic heterocycles. The van der Waals surface area contributed by atoms with E-state index in [0.29, 0.717) is 16.4 Å². The van der Waals surface area contributed by atoms with Gasteiger partial charge in [-0.15, -0.1) is 10.2 Å². The molecule has 7 nitrogen and oxygen atoms in total. The molecule has 3 aromatic rings. The van der Waals surface area contributed by atoms with Crippen LogP contribution in [0.4, 0.5) is 5.69 Å². The van der Waals surface area contributed by atoms with Gasteiger partial charge < -0.3 is 10.1 Å². The highest BCUT2D eigenvalue weighted by atomic mass is 32.2. The first kappa shape index (κ1) is 18.7. The van der Waals surface area contributed by atoms with Crippen LogP contribution in [0.2, 0.25) is 0 Å². The summed E-state index contributed by atoms with van der Waals surface area (Å²) in [6.07, 6.45) is 1.60. The van der Waals surface area contributed by atoms with Crippen molar-refractivity contribution in [3.05, 3.63) is 60.4 Å². The van der Waals surface area contributed by atoms with Gasteiger partial charge in [0, 0.05) is 16.9 Å². The number of benzene rings is 2. The number of rotatable bonds is 7. The van der Waals surface area contributed by atoms with E-state index in [0.717, 1.165) is 11.4 Å². The van der Waals surface area contributed by atoms with E-state index in [1.165, 1.54) is 18.7 Å².